The molecule has 0 aromatic carbocycles. The Kier molecular flexibility index (Phi) is 5.14. The SMILES string of the molecule is CCCNCc1ccc(CN(CC2CC2)CC2CC2)s1. The third-order valence-electron chi connectivity index (χ3n) is 4.25. The van der Waals surface area contributed by atoms with Gasteiger partial charge in [-0.15, -0.1) is 11.3 Å². The van der Waals surface area contributed by atoms with Crippen molar-refractivity contribution in [2.75, 3.05) is 19.6 Å². The second kappa shape index (κ2) is 7.06. The smallest absolute Gasteiger partial charge is 0.0328 e. The first kappa shape index (κ1) is 14.6. The van der Waals surface area contributed by atoms with Crippen LogP contribution in [0.1, 0.15) is 48.8 Å². The fourth-order valence-electron chi connectivity index (χ4n) is 2.75. The minimum atomic E-state index is 1.01. The number of thiophene rings is 1. The highest BCUT2D eigenvalue weighted by molar-refractivity contribution is 7.11. The van der Waals surface area contributed by atoms with E-state index in [9.17, 15) is 0 Å². The topological polar surface area (TPSA) is 15.3 Å². The first-order valence-corrected chi connectivity index (χ1v) is 9.15. The van der Waals surface area contributed by atoms with Crippen LogP contribution in [0.15, 0.2) is 12.1 Å². The summed E-state index contributed by atoms with van der Waals surface area (Å²) in [5.41, 5.74) is 0. The van der Waals surface area contributed by atoms with E-state index < -0.39 is 0 Å². The van der Waals surface area contributed by atoms with Gasteiger partial charge in [0.15, 0.2) is 0 Å². The zero-order valence-corrected chi connectivity index (χ0v) is 13.6. The Bertz CT molecular complexity index is 393. The predicted molar refractivity (Wildman–Crippen MR) is 87.0 cm³/mol. The summed E-state index contributed by atoms with van der Waals surface area (Å²) in [6, 6.07) is 4.66. The highest BCUT2D eigenvalue weighted by Gasteiger charge is 2.29. The number of hydrogen-bond donors (Lipinski definition) is 1. The molecule has 0 spiro atoms. The van der Waals surface area contributed by atoms with E-state index in [-0.39, 0.29) is 0 Å². The number of rotatable bonds is 10. The number of nitrogens with one attached hydrogen (secondary N) is 1. The van der Waals surface area contributed by atoms with E-state index in [4.69, 9.17) is 0 Å². The van der Waals surface area contributed by atoms with Crippen LogP contribution < -0.4 is 5.32 Å². The van der Waals surface area contributed by atoms with E-state index in [0.29, 0.717) is 0 Å². The summed E-state index contributed by atoms with van der Waals surface area (Å²) in [5.74, 6) is 2.03. The van der Waals surface area contributed by atoms with Crippen molar-refractivity contribution in [1.82, 2.24) is 10.2 Å². The van der Waals surface area contributed by atoms with E-state index in [2.05, 4.69) is 29.3 Å². The summed E-state index contributed by atoms with van der Waals surface area (Å²) >= 11 is 2.00. The van der Waals surface area contributed by atoms with Crippen molar-refractivity contribution in [2.45, 2.75) is 52.1 Å². The average molecular weight is 292 g/mol. The lowest BCUT2D eigenvalue weighted by Gasteiger charge is -2.21. The molecule has 0 aliphatic heterocycles. The fraction of sp³-hybridized carbons (Fsp3) is 0.765. The normalized spacial score (nSPS) is 18.9. The lowest BCUT2D eigenvalue weighted by Crippen LogP contribution is -2.27. The summed E-state index contributed by atoms with van der Waals surface area (Å²) in [6.45, 7) is 8.27. The van der Waals surface area contributed by atoms with E-state index in [0.717, 1.165) is 24.9 Å². The van der Waals surface area contributed by atoms with Gasteiger partial charge in [0.25, 0.3) is 0 Å². The predicted octanol–water partition coefficient (Wildman–Crippen LogP) is 3.87. The number of nitrogens with zero attached hydrogens (tertiary/aromatic N) is 1. The van der Waals surface area contributed by atoms with Crippen molar-refractivity contribution in [3.63, 3.8) is 0 Å². The molecule has 3 rings (SSSR count). The van der Waals surface area contributed by atoms with Gasteiger partial charge in [0.05, 0.1) is 0 Å². The molecule has 0 radical (unpaired) electrons. The third kappa shape index (κ3) is 4.87. The molecule has 1 heterocycles. The summed E-state index contributed by atoms with van der Waals surface area (Å²) < 4.78 is 0. The van der Waals surface area contributed by atoms with Gasteiger partial charge in [0.2, 0.25) is 0 Å². The molecule has 0 saturated heterocycles. The first-order chi connectivity index (χ1) is 9.83. The molecule has 0 unspecified atom stereocenters. The van der Waals surface area contributed by atoms with Gasteiger partial charge in [-0.25, -0.2) is 0 Å². The van der Waals surface area contributed by atoms with Gasteiger partial charge in [-0.1, -0.05) is 6.92 Å². The van der Waals surface area contributed by atoms with E-state index in [1.165, 1.54) is 56.6 Å². The van der Waals surface area contributed by atoms with Crippen LogP contribution in [0, 0.1) is 11.8 Å². The van der Waals surface area contributed by atoms with Crippen molar-refractivity contribution in [3.8, 4) is 0 Å². The van der Waals surface area contributed by atoms with Crippen LogP contribution in [0.2, 0.25) is 0 Å². The van der Waals surface area contributed by atoms with Crippen molar-refractivity contribution in [1.29, 1.82) is 0 Å². The lowest BCUT2D eigenvalue weighted by atomic mass is 10.3. The average Bonchev–Trinajstić information content (AvgIpc) is 3.34. The van der Waals surface area contributed by atoms with Crippen molar-refractivity contribution < 1.29 is 0 Å². The molecule has 0 bridgehead atoms. The monoisotopic (exact) mass is 292 g/mol. The van der Waals surface area contributed by atoms with Crippen LogP contribution in [0.5, 0.6) is 0 Å². The van der Waals surface area contributed by atoms with Crippen LogP contribution in [0.3, 0.4) is 0 Å². The molecule has 2 aliphatic carbocycles. The van der Waals surface area contributed by atoms with Crippen LogP contribution in [0.25, 0.3) is 0 Å². The Morgan fingerprint density at radius 1 is 1.10 bits per heavy atom. The van der Waals surface area contributed by atoms with Crippen LogP contribution in [-0.2, 0) is 13.1 Å². The highest BCUT2D eigenvalue weighted by atomic mass is 32.1. The highest BCUT2D eigenvalue weighted by Crippen LogP contribution is 2.34. The summed E-state index contributed by atoms with van der Waals surface area (Å²) in [5, 5.41) is 3.50. The Morgan fingerprint density at radius 3 is 2.35 bits per heavy atom. The first-order valence-electron chi connectivity index (χ1n) is 8.34. The standard InChI is InChI=1S/C17H28N2S/c1-2-9-18-10-16-7-8-17(20-16)13-19(11-14-3-4-14)12-15-5-6-15/h7-8,14-15,18H,2-6,9-13H2,1H3. The number of hydrogen-bond acceptors (Lipinski definition) is 3. The van der Waals surface area contributed by atoms with Crippen molar-refractivity contribution >= 4 is 11.3 Å². The van der Waals surface area contributed by atoms with Gasteiger partial charge in [0, 0.05) is 35.9 Å². The molecule has 112 valence electrons. The van der Waals surface area contributed by atoms with Gasteiger partial charge in [-0.3, -0.25) is 4.90 Å². The third-order valence-corrected chi connectivity index (χ3v) is 5.32. The molecule has 2 aliphatic rings. The second-order valence-electron chi connectivity index (χ2n) is 6.63. The van der Waals surface area contributed by atoms with Gasteiger partial charge in [-0.05, 0) is 62.6 Å². The van der Waals surface area contributed by atoms with Crippen molar-refractivity contribution in [3.05, 3.63) is 21.9 Å². The van der Waals surface area contributed by atoms with Crippen LogP contribution >= 0.6 is 11.3 Å². The Morgan fingerprint density at radius 2 is 1.75 bits per heavy atom. The Balaban J connectivity index is 1.48. The molecule has 2 fully saturated rings. The van der Waals surface area contributed by atoms with Gasteiger partial charge < -0.3 is 5.32 Å². The summed E-state index contributed by atoms with van der Waals surface area (Å²) in [7, 11) is 0. The molecule has 20 heavy (non-hydrogen) atoms. The van der Waals surface area contributed by atoms with Crippen molar-refractivity contribution in [2.24, 2.45) is 11.8 Å². The summed E-state index contributed by atoms with van der Waals surface area (Å²) in [4.78, 5) is 5.77. The Hall–Kier alpha value is -0.380. The molecule has 1 aromatic rings. The largest absolute Gasteiger partial charge is 0.312 e. The maximum atomic E-state index is 3.50. The van der Waals surface area contributed by atoms with Gasteiger partial charge in [-0.2, -0.15) is 0 Å². The maximum absolute atomic E-state index is 3.50. The minimum absolute atomic E-state index is 1.01. The molecule has 2 saturated carbocycles. The lowest BCUT2D eigenvalue weighted by molar-refractivity contribution is 0.246. The minimum Gasteiger partial charge on any atom is -0.312 e. The molecule has 0 amide bonds. The van der Waals surface area contributed by atoms with E-state index in [1.807, 2.05) is 11.3 Å². The molecule has 2 nitrogen and oxygen atoms in total. The molecule has 1 aromatic heterocycles. The molecular weight excluding hydrogens is 264 g/mol. The zero-order valence-electron chi connectivity index (χ0n) is 12.7. The molecule has 1 N–H and O–H groups in total. The zero-order chi connectivity index (χ0) is 13.8. The van der Waals surface area contributed by atoms with E-state index >= 15 is 0 Å². The molecule has 3 heteroatoms. The van der Waals surface area contributed by atoms with Gasteiger partial charge >= 0.3 is 0 Å². The quantitative estimate of drug-likeness (QED) is 0.659. The second-order valence-corrected chi connectivity index (χ2v) is 7.88. The molecular formula is C17H28N2S. The van der Waals surface area contributed by atoms with Crippen LogP contribution in [0.4, 0.5) is 0 Å². The fourth-order valence-corrected chi connectivity index (χ4v) is 3.78. The Labute approximate surface area is 127 Å². The molecule has 0 atom stereocenters. The van der Waals surface area contributed by atoms with Crippen LogP contribution in [-0.4, -0.2) is 24.5 Å². The summed E-state index contributed by atoms with van der Waals surface area (Å²) in [6.07, 6.45) is 7.10. The maximum Gasteiger partial charge on any atom is 0.0328 e. The van der Waals surface area contributed by atoms with E-state index in [1.54, 1.807) is 4.88 Å². The van der Waals surface area contributed by atoms with Gasteiger partial charge in [0.1, 0.15) is 0 Å².